The predicted octanol–water partition coefficient (Wildman–Crippen LogP) is 1.22. The Morgan fingerprint density at radius 2 is 2.14 bits per heavy atom. The van der Waals surface area contributed by atoms with Crippen LogP contribution in [0.5, 0.6) is 0 Å². The van der Waals surface area contributed by atoms with Gasteiger partial charge in [-0.25, -0.2) is 0 Å². The fraction of sp³-hybridized carbons (Fsp3) is 0.800. The van der Waals surface area contributed by atoms with Gasteiger partial charge in [0, 0.05) is 13.0 Å². The molecule has 14 heavy (non-hydrogen) atoms. The van der Waals surface area contributed by atoms with Gasteiger partial charge in [0.25, 0.3) is 0 Å². The highest BCUT2D eigenvalue weighted by Crippen LogP contribution is 2.30. The Hall–Kier alpha value is -0.900. The summed E-state index contributed by atoms with van der Waals surface area (Å²) in [4.78, 5) is 0. The highest BCUT2D eigenvalue weighted by molar-refractivity contribution is 5.06. The third-order valence-corrected chi connectivity index (χ3v) is 3.11. The van der Waals surface area contributed by atoms with Gasteiger partial charge in [0.05, 0.1) is 18.0 Å². The molecule has 1 fully saturated rings. The third-order valence-electron chi connectivity index (χ3n) is 3.11. The molecule has 0 saturated heterocycles. The lowest BCUT2D eigenvalue weighted by molar-refractivity contribution is 0.132. The maximum atomic E-state index is 9.98. The first kappa shape index (κ1) is 9.65. The number of aliphatic hydroxyl groups is 1. The van der Waals surface area contributed by atoms with Crippen molar-refractivity contribution < 1.29 is 5.11 Å². The van der Waals surface area contributed by atoms with Gasteiger partial charge in [0.2, 0.25) is 0 Å². The number of rotatable bonds is 1. The molecular weight excluding hydrogens is 178 g/mol. The summed E-state index contributed by atoms with van der Waals surface area (Å²) in [6.07, 6.45) is 7.11. The predicted molar refractivity (Wildman–Crippen MR) is 52.8 cm³/mol. The Morgan fingerprint density at radius 1 is 1.36 bits per heavy atom. The van der Waals surface area contributed by atoms with E-state index in [1.54, 1.807) is 10.9 Å². The standard InChI is InChI=1S/C10H17N3O/c1-13-9(7-11-12-13)8-5-3-2-4-6-10(8)14/h7-8,10,14H,2-6H2,1H3. The number of aliphatic hydroxyl groups excluding tert-OH is 1. The zero-order valence-corrected chi connectivity index (χ0v) is 8.56. The van der Waals surface area contributed by atoms with Gasteiger partial charge in [-0.2, -0.15) is 0 Å². The van der Waals surface area contributed by atoms with Crippen LogP contribution in [-0.2, 0) is 7.05 Å². The fourth-order valence-electron chi connectivity index (χ4n) is 2.27. The van der Waals surface area contributed by atoms with Crippen LogP contribution < -0.4 is 0 Å². The molecule has 0 radical (unpaired) electrons. The smallest absolute Gasteiger partial charge is 0.0728 e. The van der Waals surface area contributed by atoms with Crippen LogP contribution in [0, 0.1) is 0 Å². The topological polar surface area (TPSA) is 50.9 Å². The highest BCUT2D eigenvalue weighted by atomic mass is 16.3. The average molecular weight is 195 g/mol. The number of aryl methyl sites for hydroxylation is 1. The van der Waals surface area contributed by atoms with Crippen LogP contribution in [0.15, 0.2) is 6.20 Å². The summed E-state index contributed by atoms with van der Waals surface area (Å²) in [5.74, 6) is 0.234. The third kappa shape index (κ3) is 1.80. The maximum Gasteiger partial charge on any atom is 0.0728 e. The molecule has 1 aromatic rings. The van der Waals surface area contributed by atoms with Gasteiger partial charge in [0.1, 0.15) is 0 Å². The molecule has 0 aliphatic heterocycles. The molecule has 1 aliphatic rings. The van der Waals surface area contributed by atoms with Crippen molar-refractivity contribution in [1.29, 1.82) is 0 Å². The largest absolute Gasteiger partial charge is 0.392 e. The van der Waals surface area contributed by atoms with Crippen LogP contribution in [0.3, 0.4) is 0 Å². The van der Waals surface area contributed by atoms with E-state index in [0.717, 1.165) is 25.0 Å². The summed E-state index contributed by atoms with van der Waals surface area (Å²) in [7, 11) is 1.89. The molecule has 1 aromatic heterocycles. The zero-order valence-electron chi connectivity index (χ0n) is 8.56. The molecule has 0 bridgehead atoms. The molecule has 1 aliphatic carbocycles. The molecule has 0 spiro atoms. The fourth-order valence-corrected chi connectivity index (χ4v) is 2.27. The van der Waals surface area contributed by atoms with E-state index >= 15 is 0 Å². The summed E-state index contributed by atoms with van der Waals surface area (Å²) in [6, 6.07) is 0. The average Bonchev–Trinajstić information content (AvgIpc) is 2.46. The van der Waals surface area contributed by atoms with E-state index in [0.29, 0.717) is 0 Å². The van der Waals surface area contributed by atoms with Gasteiger partial charge in [-0.1, -0.05) is 24.5 Å². The molecule has 4 heteroatoms. The van der Waals surface area contributed by atoms with Crippen LogP contribution in [0.25, 0.3) is 0 Å². The first-order valence-electron chi connectivity index (χ1n) is 5.31. The van der Waals surface area contributed by atoms with E-state index in [2.05, 4.69) is 10.3 Å². The Morgan fingerprint density at radius 3 is 2.86 bits per heavy atom. The van der Waals surface area contributed by atoms with E-state index in [4.69, 9.17) is 0 Å². The van der Waals surface area contributed by atoms with Crippen LogP contribution in [0.4, 0.5) is 0 Å². The second-order valence-electron chi connectivity index (χ2n) is 4.09. The summed E-state index contributed by atoms with van der Waals surface area (Å²) in [5, 5.41) is 17.8. The monoisotopic (exact) mass is 195 g/mol. The van der Waals surface area contributed by atoms with Gasteiger partial charge in [0.15, 0.2) is 0 Å². The summed E-state index contributed by atoms with van der Waals surface area (Å²) in [6.45, 7) is 0. The van der Waals surface area contributed by atoms with Crippen molar-refractivity contribution >= 4 is 0 Å². The van der Waals surface area contributed by atoms with Crippen LogP contribution in [0.2, 0.25) is 0 Å². The van der Waals surface area contributed by atoms with E-state index in [1.165, 1.54) is 12.8 Å². The van der Waals surface area contributed by atoms with Crippen molar-refractivity contribution in [2.45, 2.75) is 44.1 Å². The summed E-state index contributed by atoms with van der Waals surface area (Å²) in [5.41, 5.74) is 1.07. The van der Waals surface area contributed by atoms with E-state index in [-0.39, 0.29) is 12.0 Å². The van der Waals surface area contributed by atoms with Crippen LogP contribution >= 0.6 is 0 Å². The molecule has 1 saturated carbocycles. The quantitative estimate of drug-likeness (QED) is 0.685. The SMILES string of the molecule is Cn1nncc1C1CCCCCC1O. The molecule has 0 aromatic carbocycles. The van der Waals surface area contributed by atoms with Crippen molar-refractivity contribution in [1.82, 2.24) is 15.0 Å². The number of nitrogens with zero attached hydrogens (tertiary/aromatic N) is 3. The summed E-state index contributed by atoms with van der Waals surface area (Å²) >= 11 is 0. The van der Waals surface area contributed by atoms with Gasteiger partial charge >= 0.3 is 0 Å². The molecule has 4 nitrogen and oxygen atoms in total. The highest BCUT2D eigenvalue weighted by Gasteiger charge is 2.25. The van der Waals surface area contributed by atoms with Crippen LogP contribution in [0.1, 0.15) is 43.7 Å². The Balaban J connectivity index is 2.19. The lowest BCUT2D eigenvalue weighted by atomic mass is 9.94. The molecule has 2 rings (SSSR count). The Bertz CT molecular complexity index is 297. The number of aromatic nitrogens is 3. The minimum absolute atomic E-state index is 0.213. The van der Waals surface area contributed by atoms with Gasteiger partial charge < -0.3 is 5.11 Å². The Labute approximate surface area is 83.9 Å². The van der Waals surface area contributed by atoms with Crippen molar-refractivity contribution in [2.24, 2.45) is 7.05 Å². The maximum absolute atomic E-state index is 9.98. The first-order valence-corrected chi connectivity index (χ1v) is 5.31. The van der Waals surface area contributed by atoms with Crippen molar-refractivity contribution in [3.63, 3.8) is 0 Å². The van der Waals surface area contributed by atoms with E-state index in [9.17, 15) is 5.11 Å². The van der Waals surface area contributed by atoms with Gasteiger partial charge in [-0.3, -0.25) is 4.68 Å². The first-order chi connectivity index (χ1) is 6.79. The molecular formula is C10H17N3O. The molecule has 78 valence electrons. The summed E-state index contributed by atoms with van der Waals surface area (Å²) < 4.78 is 1.78. The van der Waals surface area contributed by atoms with Gasteiger partial charge in [-0.05, 0) is 12.8 Å². The lowest BCUT2D eigenvalue weighted by Gasteiger charge is -2.19. The second kappa shape index (κ2) is 4.09. The zero-order chi connectivity index (χ0) is 9.97. The van der Waals surface area contributed by atoms with E-state index < -0.39 is 0 Å². The van der Waals surface area contributed by atoms with Crippen LogP contribution in [-0.4, -0.2) is 26.2 Å². The molecule has 1 heterocycles. The molecule has 0 amide bonds. The van der Waals surface area contributed by atoms with E-state index in [1.807, 2.05) is 7.05 Å². The van der Waals surface area contributed by atoms with Crippen molar-refractivity contribution in [3.05, 3.63) is 11.9 Å². The number of hydrogen-bond acceptors (Lipinski definition) is 3. The molecule has 2 atom stereocenters. The van der Waals surface area contributed by atoms with Gasteiger partial charge in [-0.15, -0.1) is 5.10 Å². The lowest BCUT2D eigenvalue weighted by Crippen LogP contribution is -2.19. The second-order valence-corrected chi connectivity index (χ2v) is 4.09. The number of hydrogen-bond donors (Lipinski definition) is 1. The normalized spacial score (nSPS) is 28.7. The minimum atomic E-state index is -0.213. The molecule has 2 unspecified atom stereocenters. The minimum Gasteiger partial charge on any atom is -0.392 e. The Kier molecular flexibility index (Phi) is 2.82. The molecule has 1 N–H and O–H groups in total. The van der Waals surface area contributed by atoms with Crippen molar-refractivity contribution in [2.75, 3.05) is 0 Å². The van der Waals surface area contributed by atoms with Crippen molar-refractivity contribution in [3.8, 4) is 0 Å².